The molecule has 0 aliphatic rings. The molecule has 0 aromatic heterocycles. The summed E-state index contributed by atoms with van der Waals surface area (Å²) in [5.41, 5.74) is 0. The molecule has 0 heterocycles. The molecule has 0 saturated carbocycles. The molecule has 26 heavy (non-hydrogen) atoms. The Morgan fingerprint density at radius 1 is 0.615 bits per heavy atom. The Morgan fingerprint density at radius 3 is 1.23 bits per heavy atom. The van der Waals surface area contributed by atoms with E-state index in [9.17, 15) is 4.57 Å². The maximum absolute atomic E-state index is 11.1. The predicted molar refractivity (Wildman–Crippen MR) is 112 cm³/mol. The monoisotopic (exact) mass is 392 g/mol. The van der Waals surface area contributed by atoms with Gasteiger partial charge in [-0.1, -0.05) is 116 Å². The zero-order valence-electron chi connectivity index (χ0n) is 17.6. The van der Waals surface area contributed by atoms with E-state index in [1.165, 1.54) is 110 Å². The van der Waals surface area contributed by atoms with E-state index >= 15 is 0 Å². The maximum atomic E-state index is 11.1. The highest BCUT2D eigenvalue weighted by Gasteiger charge is 2.17. The fourth-order valence-corrected chi connectivity index (χ4v) is 3.70. The van der Waals surface area contributed by atoms with Crippen molar-refractivity contribution in [2.75, 3.05) is 13.7 Å². The third-order valence-electron chi connectivity index (χ3n) is 4.98. The van der Waals surface area contributed by atoms with E-state index in [0.29, 0.717) is 6.61 Å². The summed E-state index contributed by atoms with van der Waals surface area (Å²) in [6.45, 7) is 2.58. The van der Waals surface area contributed by atoms with Crippen LogP contribution in [0.4, 0.5) is 0 Å². The first kappa shape index (κ1) is 26.1. The Kier molecular flexibility index (Phi) is 19.9. The molecule has 1 N–H and O–H groups in total. The van der Waals surface area contributed by atoms with Crippen LogP contribution < -0.4 is 0 Å². The SMILES string of the molecule is CCCCCCCCCCCCCCCCCCCCOP(=O)(O)OC. The Bertz CT molecular complexity index is 323. The van der Waals surface area contributed by atoms with Gasteiger partial charge in [0.05, 0.1) is 6.61 Å². The van der Waals surface area contributed by atoms with Crippen molar-refractivity contribution in [2.24, 2.45) is 0 Å². The second-order valence-electron chi connectivity index (χ2n) is 7.49. The van der Waals surface area contributed by atoms with Crippen molar-refractivity contribution >= 4 is 7.82 Å². The molecule has 0 amide bonds. The Labute approximate surface area is 163 Å². The quantitative estimate of drug-likeness (QED) is 0.160. The van der Waals surface area contributed by atoms with Crippen LogP contribution >= 0.6 is 7.82 Å². The highest BCUT2D eigenvalue weighted by atomic mass is 31.2. The average Bonchev–Trinajstić information content (AvgIpc) is 2.63. The van der Waals surface area contributed by atoms with Crippen LogP contribution in [0.2, 0.25) is 0 Å². The molecule has 1 unspecified atom stereocenters. The molecule has 0 fully saturated rings. The van der Waals surface area contributed by atoms with Crippen molar-refractivity contribution in [3.8, 4) is 0 Å². The molecule has 0 saturated heterocycles. The molecular weight excluding hydrogens is 347 g/mol. The lowest BCUT2D eigenvalue weighted by Gasteiger charge is -2.08. The molecule has 0 aliphatic carbocycles. The third-order valence-corrected chi connectivity index (χ3v) is 5.95. The Hall–Kier alpha value is 0.110. The summed E-state index contributed by atoms with van der Waals surface area (Å²) in [6.07, 6.45) is 24.0. The number of hydrogen-bond acceptors (Lipinski definition) is 3. The van der Waals surface area contributed by atoms with Crippen molar-refractivity contribution < 1.29 is 18.5 Å². The number of unbranched alkanes of at least 4 members (excludes halogenated alkanes) is 17. The molecule has 0 radical (unpaired) electrons. The van der Waals surface area contributed by atoms with Gasteiger partial charge in [0.15, 0.2) is 0 Å². The van der Waals surface area contributed by atoms with Gasteiger partial charge < -0.3 is 4.89 Å². The lowest BCUT2D eigenvalue weighted by molar-refractivity contribution is 0.170. The Morgan fingerprint density at radius 2 is 0.923 bits per heavy atom. The van der Waals surface area contributed by atoms with Gasteiger partial charge in [-0.2, -0.15) is 0 Å². The molecule has 5 heteroatoms. The van der Waals surface area contributed by atoms with Gasteiger partial charge in [0, 0.05) is 7.11 Å². The zero-order chi connectivity index (χ0) is 19.3. The highest BCUT2D eigenvalue weighted by Crippen LogP contribution is 2.41. The number of phosphoric acid groups is 1. The molecule has 0 aromatic carbocycles. The predicted octanol–water partition coefficient (Wildman–Crippen LogP) is 7.79. The van der Waals surface area contributed by atoms with Gasteiger partial charge in [0.1, 0.15) is 0 Å². The van der Waals surface area contributed by atoms with Crippen LogP contribution in [0.15, 0.2) is 0 Å². The topological polar surface area (TPSA) is 55.8 Å². The van der Waals surface area contributed by atoms with E-state index in [4.69, 9.17) is 9.42 Å². The lowest BCUT2D eigenvalue weighted by Crippen LogP contribution is -1.94. The van der Waals surface area contributed by atoms with Crippen LogP contribution in [-0.4, -0.2) is 18.6 Å². The van der Waals surface area contributed by atoms with Crippen molar-refractivity contribution in [1.82, 2.24) is 0 Å². The van der Waals surface area contributed by atoms with Crippen LogP contribution in [0, 0.1) is 0 Å². The normalized spacial score (nSPS) is 13.8. The lowest BCUT2D eigenvalue weighted by atomic mass is 10.0. The number of rotatable bonds is 21. The van der Waals surface area contributed by atoms with Crippen LogP contribution in [0.3, 0.4) is 0 Å². The average molecular weight is 393 g/mol. The van der Waals surface area contributed by atoms with Gasteiger partial charge in [-0.3, -0.25) is 9.05 Å². The van der Waals surface area contributed by atoms with Crippen molar-refractivity contribution in [3.63, 3.8) is 0 Å². The summed E-state index contributed by atoms with van der Waals surface area (Å²) in [6, 6.07) is 0. The molecule has 0 aliphatic heterocycles. The first-order chi connectivity index (χ1) is 12.6. The maximum Gasteiger partial charge on any atom is 0.471 e. The van der Waals surface area contributed by atoms with Crippen molar-refractivity contribution in [1.29, 1.82) is 0 Å². The van der Waals surface area contributed by atoms with E-state index in [1.807, 2.05) is 0 Å². The minimum absolute atomic E-state index is 0.306. The number of phosphoric ester groups is 1. The van der Waals surface area contributed by atoms with Crippen LogP contribution in [0.1, 0.15) is 122 Å². The fraction of sp³-hybridized carbons (Fsp3) is 1.00. The molecule has 0 aromatic rings. The molecule has 158 valence electrons. The molecule has 1 atom stereocenters. The van der Waals surface area contributed by atoms with E-state index < -0.39 is 7.82 Å². The van der Waals surface area contributed by atoms with Gasteiger partial charge >= 0.3 is 7.82 Å². The second kappa shape index (κ2) is 19.9. The van der Waals surface area contributed by atoms with Gasteiger partial charge in [0.2, 0.25) is 0 Å². The van der Waals surface area contributed by atoms with Gasteiger partial charge in [-0.05, 0) is 6.42 Å². The van der Waals surface area contributed by atoms with E-state index in [2.05, 4.69) is 11.4 Å². The summed E-state index contributed by atoms with van der Waals surface area (Å²) >= 11 is 0. The Balaban J connectivity index is 3.06. The van der Waals surface area contributed by atoms with Gasteiger partial charge in [-0.15, -0.1) is 0 Å². The van der Waals surface area contributed by atoms with Crippen LogP contribution in [0.25, 0.3) is 0 Å². The molecule has 0 spiro atoms. The minimum Gasteiger partial charge on any atom is -0.303 e. The smallest absolute Gasteiger partial charge is 0.303 e. The largest absolute Gasteiger partial charge is 0.471 e. The molecule has 0 bridgehead atoms. The summed E-state index contributed by atoms with van der Waals surface area (Å²) in [5.74, 6) is 0. The third kappa shape index (κ3) is 20.4. The van der Waals surface area contributed by atoms with Crippen LogP contribution in [0.5, 0.6) is 0 Å². The standard InChI is InChI=1S/C21H45O4P/c1-3-4-5-6-7-8-9-10-11-12-13-14-15-16-17-18-19-20-21-25-26(22,23)24-2/h3-21H2,1-2H3,(H,22,23). The van der Waals surface area contributed by atoms with Gasteiger partial charge in [0.25, 0.3) is 0 Å². The fourth-order valence-electron chi connectivity index (χ4n) is 3.24. The van der Waals surface area contributed by atoms with E-state index in [1.54, 1.807) is 0 Å². The number of hydrogen-bond donors (Lipinski definition) is 1. The van der Waals surface area contributed by atoms with Gasteiger partial charge in [-0.25, -0.2) is 4.57 Å². The first-order valence-corrected chi connectivity index (χ1v) is 12.6. The van der Waals surface area contributed by atoms with Crippen molar-refractivity contribution in [3.05, 3.63) is 0 Å². The zero-order valence-corrected chi connectivity index (χ0v) is 18.4. The summed E-state index contributed by atoms with van der Waals surface area (Å²) in [5, 5.41) is 0. The van der Waals surface area contributed by atoms with Crippen molar-refractivity contribution in [2.45, 2.75) is 122 Å². The molecular formula is C21H45O4P. The van der Waals surface area contributed by atoms with E-state index in [0.717, 1.165) is 12.8 Å². The van der Waals surface area contributed by atoms with Crippen LogP contribution in [-0.2, 0) is 13.6 Å². The summed E-state index contributed by atoms with van der Waals surface area (Å²) < 4.78 is 20.2. The summed E-state index contributed by atoms with van der Waals surface area (Å²) in [4.78, 5) is 9.08. The second-order valence-corrected chi connectivity index (χ2v) is 9.06. The molecule has 0 rings (SSSR count). The van der Waals surface area contributed by atoms with E-state index in [-0.39, 0.29) is 0 Å². The minimum atomic E-state index is -3.77. The molecule has 4 nitrogen and oxygen atoms in total. The first-order valence-electron chi connectivity index (χ1n) is 11.2. The summed E-state index contributed by atoms with van der Waals surface area (Å²) in [7, 11) is -2.58. The highest BCUT2D eigenvalue weighted by molar-refractivity contribution is 7.47.